The van der Waals surface area contributed by atoms with Gasteiger partial charge in [0.25, 0.3) is 5.91 Å². The van der Waals surface area contributed by atoms with Crippen molar-refractivity contribution in [3.05, 3.63) is 34.6 Å². The van der Waals surface area contributed by atoms with Crippen LogP contribution in [0.4, 0.5) is 4.39 Å². The molecule has 3 rings (SSSR count). The number of β-amino-alcohol motifs (C(OH)–C–C–N with tert-alkyl or cyclic N) is 1. The Hall–Kier alpha value is -1.13. The topological polar surface area (TPSA) is 40.5 Å². The van der Waals surface area contributed by atoms with Gasteiger partial charge in [-0.1, -0.05) is 11.6 Å². The van der Waals surface area contributed by atoms with E-state index < -0.39 is 11.4 Å². The number of carbonyl (C=O) groups is 1. The van der Waals surface area contributed by atoms with Crippen LogP contribution in [0.15, 0.2) is 18.2 Å². The maximum atomic E-state index is 13.6. The lowest BCUT2D eigenvalue weighted by molar-refractivity contribution is -0.0959. The lowest BCUT2D eigenvalue weighted by Crippen LogP contribution is -2.64. The Bertz CT molecular complexity index is 510. The average molecular weight is 270 g/mol. The van der Waals surface area contributed by atoms with Crippen LogP contribution in [0.3, 0.4) is 0 Å². The van der Waals surface area contributed by atoms with E-state index in [0.717, 1.165) is 18.9 Å². The first-order chi connectivity index (χ1) is 8.49. The molecule has 1 amide bonds. The third kappa shape index (κ3) is 1.89. The molecule has 1 aliphatic carbocycles. The highest BCUT2D eigenvalue weighted by atomic mass is 35.5. The van der Waals surface area contributed by atoms with Gasteiger partial charge in [-0.2, -0.15) is 0 Å². The SMILES string of the molecule is O=C(c1ccc(Cl)cc1F)N1CC(O)(C2CC2)C1. The minimum absolute atomic E-state index is 0.0113. The van der Waals surface area contributed by atoms with Crippen molar-refractivity contribution in [2.24, 2.45) is 5.92 Å². The third-order valence-corrected chi connectivity index (χ3v) is 3.95. The molecule has 0 atom stereocenters. The summed E-state index contributed by atoms with van der Waals surface area (Å²) in [6.07, 6.45) is 2.04. The van der Waals surface area contributed by atoms with Crippen LogP contribution in [0.1, 0.15) is 23.2 Å². The Morgan fingerprint density at radius 3 is 2.67 bits per heavy atom. The Labute approximate surface area is 109 Å². The first-order valence-electron chi connectivity index (χ1n) is 5.96. The Kier molecular flexibility index (Phi) is 2.61. The molecular formula is C13H13ClFNO2. The summed E-state index contributed by atoms with van der Waals surface area (Å²) in [6.45, 7) is 0.608. The fourth-order valence-electron chi connectivity index (χ4n) is 2.47. The number of hydrogen-bond donors (Lipinski definition) is 1. The van der Waals surface area contributed by atoms with Gasteiger partial charge < -0.3 is 10.0 Å². The highest BCUT2D eigenvalue weighted by Crippen LogP contribution is 2.44. The molecule has 2 aliphatic rings. The van der Waals surface area contributed by atoms with Gasteiger partial charge in [0.15, 0.2) is 0 Å². The summed E-state index contributed by atoms with van der Waals surface area (Å²) >= 11 is 5.64. The van der Waals surface area contributed by atoms with Gasteiger partial charge in [-0.05, 0) is 37.0 Å². The molecule has 3 nitrogen and oxygen atoms in total. The molecule has 2 fully saturated rings. The van der Waals surface area contributed by atoms with Crippen LogP contribution in [0, 0.1) is 11.7 Å². The van der Waals surface area contributed by atoms with Crippen LogP contribution < -0.4 is 0 Å². The zero-order chi connectivity index (χ0) is 12.9. The molecule has 1 aromatic rings. The van der Waals surface area contributed by atoms with Gasteiger partial charge in [-0.3, -0.25) is 4.79 Å². The van der Waals surface area contributed by atoms with E-state index in [1.165, 1.54) is 17.0 Å². The second kappa shape index (κ2) is 3.93. The van der Waals surface area contributed by atoms with E-state index >= 15 is 0 Å². The van der Waals surface area contributed by atoms with Crippen molar-refractivity contribution < 1.29 is 14.3 Å². The van der Waals surface area contributed by atoms with Gasteiger partial charge in [-0.15, -0.1) is 0 Å². The molecule has 1 aliphatic heterocycles. The largest absolute Gasteiger partial charge is 0.386 e. The summed E-state index contributed by atoms with van der Waals surface area (Å²) in [4.78, 5) is 13.5. The predicted octanol–water partition coefficient (Wildman–Crippen LogP) is 2.08. The van der Waals surface area contributed by atoms with Crippen LogP contribution in [-0.2, 0) is 0 Å². The van der Waals surface area contributed by atoms with E-state index in [1.807, 2.05) is 0 Å². The van der Waals surface area contributed by atoms with E-state index in [0.29, 0.717) is 19.0 Å². The molecule has 18 heavy (non-hydrogen) atoms. The molecule has 1 saturated carbocycles. The normalized spacial score (nSPS) is 21.6. The van der Waals surface area contributed by atoms with Crippen LogP contribution in [0.2, 0.25) is 5.02 Å². The maximum absolute atomic E-state index is 13.6. The molecule has 0 bridgehead atoms. The van der Waals surface area contributed by atoms with E-state index in [9.17, 15) is 14.3 Å². The minimum Gasteiger partial charge on any atom is -0.386 e. The van der Waals surface area contributed by atoms with Crippen LogP contribution in [0.5, 0.6) is 0 Å². The van der Waals surface area contributed by atoms with Gasteiger partial charge in [0, 0.05) is 5.02 Å². The van der Waals surface area contributed by atoms with Gasteiger partial charge >= 0.3 is 0 Å². The Balaban J connectivity index is 1.72. The number of benzene rings is 1. The lowest BCUT2D eigenvalue weighted by Gasteiger charge is -2.47. The van der Waals surface area contributed by atoms with Crippen molar-refractivity contribution in [3.63, 3.8) is 0 Å². The predicted molar refractivity (Wildman–Crippen MR) is 65.0 cm³/mol. The van der Waals surface area contributed by atoms with E-state index in [1.54, 1.807) is 0 Å². The summed E-state index contributed by atoms with van der Waals surface area (Å²) in [7, 11) is 0. The molecule has 5 heteroatoms. The summed E-state index contributed by atoms with van der Waals surface area (Å²) < 4.78 is 13.6. The number of carbonyl (C=O) groups excluding carboxylic acids is 1. The zero-order valence-corrected chi connectivity index (χ0v) is 10.5. The first kappa shape index (κ1) is 11.9. The van der Waals surface area contributed by atoms with Crippen LogP contribution in [0.25, 0.3) is 0 Å². The number of hydrogen-bond acceptors (Lipinski definition) is 2. The van der Waals surface area contributed by atoms with Crippen molar-refractivity contribution in [2.75, 3.05) is 13.1 Å². The van der Waals surface area contributed by atoms with Crippen LogP contribution in [-0.4, -0.2) is 34.6 Å². The summed E-state index contributed by atoms with van der Waals surface area (Å²) in [5.74, 6) is -0.680. The zero-order valence-electron chi connectivity index (χ0n) is 9.70. The van der Waals surface area contributed by atoms with Crippen molar-refractivity contribution in [1.29, 1.82) is 0 Å². The van der Waals surface area contributed by atoms with E-state index in [4.69, 9.17) is 11.6 Å². The van der Waals surface area contributed by atoms with Gasteiger partial charge in [0.05, 0.1) is 18.7 Å². The van der Waals surface area contributed by atoms with Gasteiger partial charge in [0.2, 0.25) is 0 Å². The molecule has 0 aromatic heterocycles. The lowest BCUT2D eigenvalue weighted by atomic mass is 9.88. The van der Waals surface area contributed by atoms with Crippen molar-refractivity contribution in [1.82, 2.24) is 4.90 Å². The first-order valence-corrected chi connectivity index (χ1v) is 6.34. The number of likely N-dealkylation sites (tertiary alicyclic amines) is 1. The smallest absolute Gasteiger partial charge is 0.257 e. The fraction of sp³-hybridized carbons (Fsp3) is 0.462. The fourth-order valence-corrected chi connectivity index (χ4v) is 2.63. The Morgan fingerprint density at radius 1 is 1.44 bits per heavy atom. The molecule has 1 saturated heterocycles. The highest BCUT2D eigenvalue weighted by molar-refractivity contribution is 6.30. The van der Waals surface area contributed by atoms with Crippen molar-refractivity contribution in [3.8, 4) is 0 Å². The van der Waals surface area contributed by atoms with Crippen molar-refractivity contribution in [2.45, 2.75) is 18.4 Å². The summed E-state index contributed by atoms with van der Waals surface area (Å²) in [6, 6.07) is 4.00. The maximum Gasteiger partial charge on any atom is 0.257 e. The number of halogens is 2. The molecule has 1 N–H and O–H groups in total. The van der Waals surface area contributed by atoms with E-state index in [2.05, 4.69) is 0 Å². The number of amides is 1. The molecule has 0 radical (unpaired) electrons. The second-order valence-corrected chi connectivity index (χ2v) is 5.60. The average Bonchev–Trinajstić information content (AvgIpc) is 3.08. The monoisotopic (exact) mass is 269 g/mol. The second-order valence-electron chi connectivity index (χ2n) is 5.16. The molecule has 1 heterocycles. The summed E-state index contributed by atoms with van der Waals surface area (Å²) in [5, 5.41) is 10.4. The highest BCUT2D eigenvalue weighted by Gasteiger charge is 2.53. The van der Waals surface area contributed by atoms with Crippen molar-refractivity contribution >= 4 is 17.5 Å². The summed E-state index contributed by atoms with van der Waals surface area (Å²) in [5.41, 5.74) is -0.726. The number of aliphatic hydroxyl groups is 1. The molecular weight excluding hydrogens is 257 g/mol. The van der Waals surface area contributed by atoms with Crippen LogP contribution >= 0.6 is 11.6 Å². The number of nitrogens with zero attached hydrogens (tertiary/aromatic N) is 1. The molecule has 96 valence electrons. The molecule has 0 spiro atoms. The molecule has 1 aromatic carbocycles. The Morgan fingerprint density at radius 2 is 2.11 bits per heavy atom. The number of rotatable bonds is 2. The quantitative estimate of drug-likeness (QED) is 0.893. The minimum atomic E-state index is -0.738. The van der Waals surface area contributed by atoms with Gasteiger partial charge in [0.1, 0.15) is 11.4 Å². The third-order valence-electron chi connectivity index (χ3n) is 3.72. The van der Waals surface area contributed by atoms with Gasteiger partial charge in [-0.25, -0.2) is 4.39 Å². The standard InChI is InChI=1S/C13H13ClFNO2/c14-9-3-4-10(11(15)5-9)12(17)16-6-13(18,7-16)8-1-2-8/h3-5,8,18H,1-2,6-7H2. The molecule has 0 unspecified atom stereocenters. The van der Waals surface area contributed by atoms with E-state index in [-0.39, 0.29) is 16.5 Å².